The van der Waals surface area contributed by atoms with E-state index in [-0.39, 0.29) is 43.6 Å². The summed E-state index contributed by atoms with van der Waals surface area (Å²) in [6.07, 6.45) is 4.45. The molecule has 1 atom stereocenters. The molecule has 2 fully saturated rings. The number of nitrogens with zero attached hydrogens (tertiary/aromatic N) is 3. The molecule has 2 aromatic rings. The van der Waals surface area contributed by atoms with Gasteiger partial charge in [0.05, 0.1) is 21.8 Å². The number of benzene rings is 1. The number of rotatable bonds is 11. The molecule has 2 aliphatic carbocycles. The molecule has 2 heterocycles. The van der Waals surface area contributed by atoms with Crippen molar-refractivity contribution in [3.05, 3.63) is 52.6 Å². The number of aliphatic hydroxyl groups excluding tert-OH is 1. The number of sulfone groups is 1. The Balaban J connectivity index is 1.24. The Morgan fingerprint density at radius 3 is 2.54 bits per heavy atom. The van der Waals surface area contributed by atoms with E-state index in [1.54, 1.807) is 35.4 Å². The quantitative estimate of drug-likeness (QED) is 0.372. The van der Waals surface area contributed by atoms with Crippen molar-refractivity contribution in [1.82, 2.24) is 25.1 Å². The van der Waals surface area contributed by atoms with Gasteiger partial charge >= 0.3 is 0 Å². The predicted molar refractivity (Wildman–Crippen MR) is 147 cm³/mol. The van der Waals surface area contributed by atoms with Crippen molar-refractivity contribution < 1.29 is 23.1 Å². The summed E-state index contributed by atoms with van der Waals surface area (Å²) in [5.41, 5.74) is 1.14. The molecular weight excluding hydrogens is 542 g/mol. The van der Waals surface area contributed by atoms with Crippen LogP contribution in [0, 0.1) is 0 Å². The first-order valence-electron chi connectivity index (χ1n) is 13.5. The van der Waals surface area contributed by atoms with Gasteiger partial charge in [-0.05, 0) is 57.2 Å². The van der Waals surface area contributed by atoms with E-state index in [1.165, 1.54) is 6.20 Å². The molecule has 39 heavy (non-hydrogen) atoms. The molecule has 1 aliphatic heterocycles. The lowest BCUT2D eigenvalue weighted by atomic mass is 9.92. The van der Waals surface area contributed by atoms with E-state index in [2.05, 4.69) is 15.6 Å². The van der Waals surface area contributed by atoms with E-state index >= 15 is 0 Å². The monoisotopic (exact) mass is 577 g/mol. The zero-order valence-corrected chi connectivity index (χ0v) is 23.9. The molecule has 1 aromatic carbocycles. The summed E-state index contributed by atoms with van der Waals surface area (Å²) in [7, 11) is -3.79. The highest BCUT2D eigenvalue weighted by Crippen LogP contribution is 2.50. The second-order valence-electron chi connectivity index (χ2n) is 11.5. The van der Waals surface area contributed by atoms with Crippen molar-refractivity contribution in [3.63, 3.8) is 0 Å². The third kappa shape index (κ3) is 5.21. The fourth-order valence-corrected chi connectivity index (χ4v) is 7.97. The number of imidazole rings is 1. The van der Waals surface area contributed by atoms with Crippen LogP contribution in [0.15, 0.2) is 30.5 Å². The van der Waals surface area contributed by atoms with Crippen molar-refractivity contribution >= 4 is 33.3 Å². The van der Waals surface area contributed by atoms with Crippen LogP contribution < -0.4 is 10.6 Å². The Labute approximate surface area is 234 Å². The zero-order valence-electron chi connectivity index (χ0n) is 22.3. The molecule has 0 unspecified atom stereocenters. The minimum Gasteiger partial charge on any atom is -0.390 e. The van der Waals surface area contributed by atoms with Gasteiger partial charge in [-0.1, -0.05) is 30.2 Å². The molecule has 0 radical (unpaired) electrons. The summed E-state index contributed by atoms with van der Waals surface area (Å²) in [4.78, 5) is 31.9. The number of amides is 2. The number of hydrogen-bond donors (Lipinski definition) is 3. The van der Waals surface area contributed by atoms with Crippen LogP contribution in [0.2, 0.25) is 5.02 Å². The fourth-order valence-electron chi connectivity index (χ4n) is 5.33. The molecular formula is C27H36ClN5O5S. The van der Waals surface area contributed by atoms with Crippen LogP contribution in [0.4, 0.5) is 0 Å². The van der Waals surface area contributed by atoms with Gasteiger partial charge < -0.3 is 25.2 Å². The Bertz CT molecular complexity index is 1350. The smallest absolute Gasteiger partial charge is 0.287 e. The summed E-state index contributed by atoms with van der Waals surface area (Å²) in [6.45, 7) is 4.33. The van der Waals surface area contributed by atoms with Crippen molar-refractivity contribution in [2.45, 2.75) is 80.7 Å². The largest absolute Gasteiger partial charge is 0.390 e. The maximum Gasteiger partial charge on any atom is 0.287 e. The first-order valence-corrected chi connectivity index (χ1v) is 15.3. The van der Waals surface area contributed by atoms with Crippen molar-refractivity contribution in [1.29, 1.82) is 0 Å². The Hall–Kier alpha value is -2.47. The highest BCUT2D eigenvalue weighted by molar-refractivity contribution is 7.94. The lowest BCUT2D eigenvalue weighted by molar-refractivity contribution is 0.0697. The van der Waals surface area contributed by atoms with E-state index in [4.69, 9.17) is 11.6 Å². The van der Waals surface area contributed by atoms with Gasteiger partial charge in [-0.25, -0.2) is 13.4 Å². The van der Waals surface area contributed by atoms with Crippen LogP contribution in [0.5, 0.6) is 0 Å². The Morgan fingerprint density at radius 2 is 1.92 bits per heavy atom. The number of aromatic nitrogens is 2. The van der Waals surface area contributed by atoms with Crippen LogP contribution in [0.25, 0.3) is 0 Å². The minimum atomic E-state index is -3.79. The molecule has 212 valence electrons. The topological polar surface area (TPSA) is 134 Å². The number of carbonyl (C=O) groups excluding carboxylic acids is 2. The molecule has 2 amide bonds. The van der Waals surface area contributed by atoms with E-state index in [0.29, 0.717) is 30.5 Å². The third-order valence-corrected chi connectivity index (χ3v) is 12.2. The average Bonchev–Trinajstić information content (AvgIpc) is 3.54. The maximum atomic E-state index is 13.8. The lowest BCUT2D eigenvalue weighted by Crippen LogP contribution is -2.57. The van der Waals surface area contributed by atoms with Gasteiger partial charge in [0, 0.05) is 43.8 Å². The van der Waals surface area contributed by atoms with E-state index in [1.807, 2.05) is 12.1 Å². The molecule has 1 aromatic heterocycles. The summed E-state index contributed by atoms with van der Waals surface area (Å²) < 4.78 is 26.8. The third-order valence-electron chi connectivity index (χ3n) is 8.58. The van der Waals surface area contributed by atoms with E-state index in [0.717, 1.165) is 24.8 Å². The SMILES string of the molecule is CC(C)([C@@H](O)CNC1CCC1)S(=O)(=O)C1(CN2CCn3c(cnc3C(=O)NCc3ccc(Cl)cc3)C2=O)CC1. The van der Waals surface area contributed by atoms with Crippen LogP contribution in [-0.4, -0.2) is 81.1 Å². The average molecular weight is 578 g/mol. The van der Waals surface area contributed by atoms with E-state index in [9.17, 15) is 23.1 Å². The summed E-state index contributed by atoms with van der Waals surface area (Å²) in [6, 6.07) is 7.47. The van der Waals surface area contributed by atoms with Crippen molar-refractivity contribution in [2.75, 3.05) is 19.6 Å². The van der Waals surface area contributed by atoms with Crippen LogP contribution >= 0.6 is 11.6 Å². The van der Waals surface area contributed by atoms with Crippen LogP contribution in [-0.2, 0) is 22.9 Å². The Kier molecular flexibility index (Phi) is 7.56. The summed E-state index contributed by atoms with van der Waals surface area (Å²) in [5, 5.41) is 17.6. The van der Waals surface area contributed by atoms with Gasteiger partial charge in [-0.15, -0.1) is 0 Å². The highest BCUT2D eigenvalue weighted by Gasteiger charge is 2.62. The first kappa shape index (κ1) is 28.1. The van der Waals surface area contributed by atoms with E-state index < -0.39 is 31.3 Å². The van der Waals surface area contributed by atoms with Gasteiger partial charge in [0.25, 0.3) is 11.8 Å². The number of halogens is 1. The standard InChI is InChI=1S/C27H36ClN5O5S/c1-26(2,22(34)16-29-20-4-3-5-20)39(37,38)27(10-11-27)17-32-12-13-33-21(25(32)36)15-30-23(33)24(35)31-14-18-6-8-19(28)9-7-18/h6-9,15,20,22,29,34H,3-5,10-14,16-17H2,1-2H3,(H,31,35)/t22-/m0/s1. The molecule has 0 saturated heterocycles. The van der Waals surface area contributed by atoms with Crippen molar-refractivity contribution in [2.24, 2.45) is 0 Å². The predicted octanol–water partition coefficient (Wildman–Crippen LogP) is 2.15. The number of carbonyl (C=O) groups is 2. The zero-order chi connectivity index (χ0) is 28.0. The minimum absolute atomic E-state index is 0.0592. The number of aliphatic hydroxyl groups is 1. The lowest BCUT2D eigenvalue weighted by Gasteiger charge is -2.38. The molecule has 0 spiro atoms. The van der Waals surface area contributed by atoms with Crippen molar-refractivity contribution in [3.8, 4) is 0 Å². The number of hydrogen-bond acceptors (Lipinski definition) is 7. The van der Waals surface area contributed by atoms with Gasteiger partial charge in [0.2, 0.25) is 0 Å². The number of fused-ring (bicyclic) bond motifs is 1. The van der Waals surface area contributed by atoms with Crippen LogP contribution in [0.3, 0.4) is 0 Å². The Morgan fingerprint density at radius 1 is 1.23 bits per heavy atom. The molecule has 0 bridgehead atoms. The molecule has 2 saturated carbocycles. The summed E-state index contributed by atoms with van der Waals surface area (Å²) in [5.74, 6) is -0.606. The molecule has 5 rings (SSSR count). The molecule has 3 aliphatic rings. The number of nitrogens with one attached hydrogen (secondary N) is 2. The first-order chi connectivity index (χ1) is 18.4. The maximum absolute atomic E-state index is 13.8. The fraction of sp³-hybridized carbons (Fsp3) is 0.593. The van der Waals surface area contributed by atoms with Gasteiger partial charge in [0.15, 0.2) is 15.7 Å². The molecule has 12 heteroatoms. The second-order valence-corrected chi connectivity index (χ2v) is 14.9. The molecule has 3 N–H and O–H groups in total. The van der Waals surface area contributed by atoms with Crippen LogP contribution in [0.1, 0.15) is 72.6 Å². The summed E-state index contributed by atoms with van der Waals surface area (Å²) >= 11 is 5.91. The highest BCUT2D eigenvalue weighted by atomic mass is 35.5. The van der Waals surface area contributed by atoms with Gasteiger partial charge in [0.1, 0.15) is 5.69 Å². The van der Waals surface area contributed by atoms with Gasteiger partial charge in [-0.2, -0.15) is 0 Å². The normalized spacial score (nSPS) is 19.8. The molecule has 10 nitrogen and oxygen atoms in total. The second kappa shape index (κ2) is 10.5. The van der Waals surface area contributed by atoms with Gasteiger partial charge in [-0.3, -0.25) is 9.59 Å².